The predicted octanol–water partition coefficient (Wildman–Crippen LogP) is 1.63. The number of aliphatic hydroxyl groups is 1. The molecule has 3 atom stereocenters. The molecule has 0 aliphatic rings. The van der Waals surface area contributed by atoms with Crippen LogP contribution in [0.1, 0.15) is 33.6 Å². The van der Waals surface area contributed by atoms with E-state index in [9.17, 15) is 28.8 Å². The van der Waals surface area contributed by atoms with Gasteiger partial charge in [0.25, 0.3) is 0 Å². The molecule has 3 N–H and O–H groups in total. The SMILES string of the molecule is C=CC(=O)OCC(O)COOC(=C)CSCC(C)(CC(CC(C)(C)C(=O)OCCOP(=O)(O)O)C(=O)OCCN(C)C)C(=O)OC. The van der Waals surface area contributed by atoms with E-state index in [2.05, 4.69) is 17.7 Å². The molecule has 0 bridgehead atoms. The Labute approximate surface area is 273 Å². The monoisotopic (exact) mass is 701 g/mol. The maximum absolute atomic E-state index is 13.3. The van der Waals surface area contributed by atoms with Crippen LogP contribution >= 0.6 is 19.6 Å². The minimum absolute atomic E-state index is 0.0645. The molecule has 0 aromatic carbocycles. The van der Waals surface area contributed by atoms with Crippen LogP contribution in [0.15, 0.2) is 25.0 Å². The second kappa shape index (κ2) is 21.4. The number of aliphatic hydroxyl groups excluding tert-OH is 1. The van der Waals surface area contributed by atoms with Crippen LogP contribution in [0.3, 0.4) is 0 Å². The molecule has 0 amide bonds. The van der Waals surface area contributed by atoms with Crippen molar-refractivity contribution < 1.29 is 71.9 Å². The number of likely N-dealkylation sites (N-methyl/N-ethyl adjacent to an activating group) is 1. The Bertz CT molecular complexity index is 1060. The van der Waals surface area contributed by atoms with Gasteiger partial charge in [0.05, 0.1) is 36.2 Å². The number of ether oxygens (including phenoxy) is 4. The van der Waals surface area contributed by atoms with Gasteiger partial charge in [-0.05, 0) is 47.7 Å². The van der Waals surface area contributed by atoms with Gasteiger partial charge in [-0.1, -0.05) is 13.2 Å². The molecule has 46 heavy (non-hydrogen) atoms. The Morgan fingerprint density at radius 3 is 2.20 bits per heavy atom. The lowest BCUT2D eigenvalue weighted by atomic mass is 9.75. The van der Waals surface area contributed by atoms with Crippen LogP contribution in [-0.4, -0.2) is 122 Å². The smallest absolute Gasteiger partial charge is 0.469 e. The van der Waals surface area contributed by atoms with E-state index in [1.54, 1.807) is 21.0 Å². The summed E-state index contributed by atoms with van der Waals surface area (Å²) in [5, 5.41) is 9.78. The predicted molar refractivity (Wildman–Crippen MR) is 166 cm³/mol. The standard InChI is InChI=1S/C28H48NO15PS/c1-9-23(31)41-16-22(30)17-42-44-20(2)18-46-19-28(5,26(34)38-8)15-21(24(32)39-11-10-29(6)7)14-27(3,4)25(33)40-12-13-43-45(35,36)37/h9,21-22,30H,1-2,10-19H2,3-8H3,(H2,35,36,37). The largest absolute Gasteiger partial charge is 0.469 e. The molecule has 0 aliphatic heterocycles. The number of carbonyl (C=O) groups is 4. The zero-order valence-corrected chi connectivity index (χ0v) is 29.0. The number of phosphoric acid groups is 1. The Morgan fingerprint density at radius 2 is 1.63 bits per heavy atom. The summed E-state index contributed by atoms with van der Waals surface area (Å²) in [4.78, 5) is 79.6. The molecule has 0 aromatic rings. The number of nitrogens with zero attached hydrogens (tertiary/aromatic N) is 1. The van der Waals surface area contributed by atoms with Gasteiger partial charge in [0.1, 0.15) is 38.3 Å². The van der Waals surface area contributed by atoms with Crippen molar-refractivity contribution in [2.24, 2.45) is 16.7 Å². The van der Waals surface area contributed by atoms with Crippen molar-refractivity contribution in [2.75, 3.05) is 72.3 Å². The van der Waals surface area contributed by atoms with Gasteiger partial charge in [0.15, 0.2) is 0 Å². The highest BCUT2D eigenvalue weighted by atomic mass is 32.2. The van der Waals surface area contributed by atoms with Gasteiger partial charge in [-0.25, -0.2) is 9.36 Å². The normalized spacial score (nSPS) is 14.4. The van der Waals surface area contributed by atoms with Gasteiger partial charge >= 0.3 is 31.7 Å². The highest BCUT2D eigenvalue weighted by Gasteiger charge is 2.43. The van der Waals surface area contributed by atoms with E-state index in [1.807, 2.05) is 4.90 Å². The Hall–Kier alpha value is -2.50. The third kappa shape index (κ3) is 19.2. The number of methoxy groups -OCH3 is 1. The van der Waals surface area contributed by atoms with Crippen molar-refractivity contribution in [1.29, 1.82) is 0 Å². The molecule has 16 nitrogen and oxygen atoms in total. The molecule has 0 heterocycles. The van der Waals surface area contributed by atoms with Gasteiger partial charge in [0, 0.05) is 18.4 Å². The van der Waals surface area contributed by atoms with E-state index in [0.717, 1.165) is 6.08 Å². The second-order valence-corrected chi connectivity index (χ2v) is 13.6. The molecular formula is C28H48NO15PS. The van der Waals surface area contributed by atoms with Crippen LogP contribution in [0.2, 0.25) is 0 Å². The average molecular weight is 702 g/mol. The summed E-state index contributed by atoms with van der Waals surface area (Å²) >= 11 is 1.23. The van der Waals surface area contributed by atoms with Gasteiger partial charge < -0.3 is 43.6 Å². The average Bonchev–Trinajstić information content (AvgIpc) is 2.96. The van der Waals surface area contributed by atoms with E-state index < -0.39 is 67.8 Å². The van der Waals surface area contributed by atoms with E-state index in [1.165, 1.54) is 32.7 Å². The summed E-state index contributed by atoms with van der Waals surface area (Å²) in [6, 6.07) is 0. The van der Waals surface area contributed by atoms with E-state index in [0.29, 0.717) is 6.54 Å². The number of esters is 4. The fourth-order valence-electron chi connectivity index (χ4n) is 3.76. The topological polar surface area (TPSA) is 214 Å². The first-order chi connectivity index (χ1) is 21.3. The van der Waals surface area contributed by atoms with Crippen LogP contribution in [0.4, 0.5) is 0 Å². The maximum Gasteiger partial charge on any atom is 0.469 e. The lowest BCUT2D eigenvalue weighted by Gasteiger charge is -2.33. The number of thioether (sulfide) groups is 1. The molecule has 266 valence electrons. The Morgan fingerprint density at radius 1 is 0.978 bits per heavy atom. The van der Waals surface area contributed by atoms with Crippen molar-refractivity contribution >= 4 is 43.5 Å². The molecule has 0 fully saturated rings. The number of carbonyl (C=O) groups excluding carboxylic acids is 4. The molecular weight excluding hydrogens is 653 g/mol. The molecule has 0 rings (SSSR count). The minimum Gasteiger partial charge on any atom is -0.469 e. The molecule has 0 spiro atoms. The lowest BCUT2D eigenvalue weighted by molar-refractivity contribution is -0.275. The van der Waals surface area contributed by atoms with Crippen molar-refractivity contribution in [3.63, 3.8) is 0 Å². The molecule has 0 radical (unpaired) electrons. The van der Waals surface area contributed by atoms with Gasteiger partial charge in [-0.2, -0.15) is 16.6 Å². The van der Waals surface area contributed by atoms with Crippen LogP contribution in [0, 0.1) is 16.7 Å². The van der Waals surface area contributed by atoms with Crippen molar-refractivity contribution in [2.45, 2.75) is 39.7 Å². The molecule has 0 saturated carbocycles. The van der Waals surface area contributed by atoms with Crippen molar-refractivity contribution in [1.82, 2.24) is 4.90 Å². The lowest BCUT2D eigenvalue weighted by Crippen LogP contribution is -2.40. The maximum atomic E-state index is 13.3. The molecule has 0 aromatic heterocycles. The van der Waals surface area contributed by atoms with Crippen LogP contribution < -0.4 is 0 Å². The summed E-state index contributed by atoms with van der Waals surface area (Å²) in [5.41, 5.74) is -2.51. The number of rotatable bonds is 25. The quantitative estimate of drug-likeness (QED) is 0.0180. The minimum atomic E-state index is -4.74. The second-order valence-electron chi connectivity index (χ2n) is 11.4. The summed E-state index contributed by atoms with van der Waals surface area (Å²) in [7, 11) is 0.0811. The van der Waals surface area contributed by atoms with E-state index >= 15 is 0 Å². The zero-order chi connectivity index (χ0) is 35.6. The van der Waals surface area contributed by atoms with E-state index in [-0.39, 0.29) is 49.9 Å². The molecule has 0 aliphatic carbocycles. The fourth-order valence-corrected chi connectivity index (χ4v) is 5.13. The van der Waals surface area contributed by atoms with Crippen LogP contribution in [-0.2, 0) is 57.0 Å². The van der Waals surface area contributed by atoms with Crippen molar-refractivity contribution in [3.05, 3.63) is 25.0 Å². The first-order valence-electron chi connectivity index (χ1n) is 14.1. The molecule has 18 heteroatoms. The first kappa shape index (κ1) is 43.5. The Kier molecular flexibility index (Phi) is 20.2. The summed E-state index contributed by atoms with van der Waals surface area (Å²) in [6.07, 6.45) is -0.354. The van der Waals surface area contributed by atoms with Gasteiger partial charge in [-0.3, -0.25) is 18.9 Å². The zero-order valence-electron chi connectivity index (χ0n) is 27.3. The number of phosphoric ester groups is 1. The van der Waals surface area contributed by atoms with E-state index in [4.69, 9.17) is 38.5 Å². The van der Waals surface area contributed by atoms with Gasteiger partial charge in [0.2, 0.25) is 0 Å². The summed E-state index contributed by atoms with van der Waals surface area (Å²) in [6.45, 7) is 10.5. The number of hydrogen-bond acceptors (Lipinski definition) is 15. The highest BCUT2D eigenvalue weighted by molar-refractivity contribution is 7.99. The van der Waals surface area contributed by atoms with Crippen molar-refractivity contribution in [3.8, 4) is 0 Å². The number of hydrogen-bond donors (Lipinski definition) is 3. The summed E-state index contributed by atoms with van der Waals surface area (Å²) < 4.78 is 35.5. The van der Waals surface area contributed by atoms with Crippen LogP contribution in [0.25, 0.3) is 0 Å². The third-order valence-corrected chi connectivity index (χ3v) is 7.97. The first-order valence-corrected chi connectivity index (χ1v) is 16.7. The highest BCUT2D eigenvalue weighted by Crippen LogP contribution is 2.39. The molecule has 0 saturated heterocycles. The van der Waals surface area contributed by atoms with Crippen LogP contribution in [0.5, 0.6) is 0 Å². The Balaban J connectivity index is 5.48. The molecule has 3 unspecified atom stereocenters. The van der Waals surface area contributed by atoms with Gasteiger partial charge in [-0.15, -0.1) is 0 Å². The summed E-state index contributed by atoms with van der Waals surface area (Å²) in [5.74, 6) is -3.21. The fraction of sp³-hybridized carbons (Fsp3) is 0.714. The third-order valence-electron chi connectivity index (χ3n) is 6.08.